The molecule has 0 aromatic carbocycles. The summed E-state index contributed by atoms with van der Waals surface area (Å²) in [4.78, 5) is 21.6. The summed E-state index contributed by atoms with van der Waals surface area (Å²) >= 11 is 0. The van der Waals surface area contributed by atoms with Crippen LogP contribution < -0.4 is 9.80 Å². The van der Waals surface area contributed by atoms with Crippen LogP contribution in [-0.4, -0.2) is 40.3 Å². The van der Waals surface area contributed by atoms with Gasteiger partial charge in [-0.2, -0.15) is 0 Å². The lowest BCUT2D eigenvalue weighted by Crippen LogP contribution is -2.35. The predicted octanol–water partition coefficient (Wildman–Crippen LogP) is 3.26. The van der Waals surface area contributed by atoms with E-state index in [9.17, 15) is 0 Å². The van der Waals surface area contributed by atoms with Crippen LogP contribution in [0.25, 0.3) is 11.0 Å². The SMILES string of the molecule is C[C@H]1CCCN(c2ncnc3[nH]cc(N4C=C5C=CN=C5CC4)c23)C1. The van der Waals surface area contributed by atoms with E-state index in [-0.39, 0.29) is 0 Å². The van der Waals surface area contributed by atoms with E-state index in [0.717, 1.165) is 48.6 Å². The van der Waals surface area contributed by atoms with E-state index in [1.165, 1.54) is 24.1 Å². The number of hydrogen-bond acceptors (Lipinski definition) is 5. The second-order valence-electron chi connectivity index (χ2n) is 7.21. The van der Waals surface area contributed by atoms with E-state index in [4.69, 9.17) is 0 Å². The molecular weight excluding hydrogens is 312 g/mol. The maximum absolute atomic E-state index is 4.67. The molecule has 0 aliphatic carbocycles. The molecule has 0 bridgehead atoms. The Balaban J connectivity index is 1.59. The molecule has 5 rings (SSSR count). The highest BCUT2D eigenvalue weighted by Crippen LogP contribution is 2.36. The number of nitrogens with one attached hydrogen (secondary N) is 1. The number of aromatic nitrogens is 3. The minimum atomic E-state index is 0.709. The zero-order valence-electron chi connectivity index (χ0n) is 14.4. The maximum atomic E-state index is 4.67. The van der Waals surface area contributed by atoms with Gasteiger partial charge >= 0.3 is 0 Å². The van der Waals surface area contributed by atoms with Gasteiger partial charge in [0.15, 0.2) is 0 Å². The molecule has 6 nitrogen and oxygen atoms in total. The molecule has 0 spiro atoms. The van der Waals surface area contributed by atoms with Gasteiger partial charge in [0.2, 0.25) is 0 Å². The highest BCUT2D eigenvalue weighted by Gasteiger charge is 2.25. The Labute approximate surface area is 147 Å². The van der Waals surface area contributed by atoms with Gasteiger partial charge in [0.1, 0.15) is 17.8 Å². The van der Waals surface area contributed by atoms with E-state index >= 15 is 0 Å². The van der Waals surface area contributed by atoms with Crippen LogP contribution in [0.4, 0.5) is 11.5 Å². The molecule has 1 fully saturated rings. The summed E-state index contributed by atoms with van der Waals surface area (Å²) < 4.78 is 0. The van der Waals surface area contributed by atoms with Crippen molar-refractivity contribution < 1.29 is 0 Å². The fourth-order valence-corrected chi connectivity index (χ4v) is 4.13. The van der Waals surface area contributed by atoms with Gasteiger partial charge in [-0.25, -0.2) is 9.97 Å². The van der Waals surface area contributed by atoms with Crippen LogP contribution in [0, 0.1) is 5.92 Å². The number of piperidine rings is 1. The second kappa shape index (κ2) is 5.72. The summed E-state index contributed by atoms with van der Waals surface area (Å²) in [5.41, 5.74) is 4.48. The van der Waals surface area contributed by atoms with Gasteiger partial charge in [-0.3, -0.25) is 4.99 Å². The molecule has 2 aromatic heterocycles. The highest BCUT2D eigenvalue weighted by atomic mass is 15.2. The molecule has 0 saturated carbocycles. The van der Waals surface area contributed by atoms with Crippen molar-refractivity contribution in [3.05, 3.63) is 36.6 Å². The van der Waals surface area contributed by atoms with E-state index in [0.29, 0.717) is 5.92 Å². The number of hydrogen-bond donors (Lipinski definition) is 1. The average Bonchev–Trinajstić information content (AvgIpc) is 3.27. The molecule has 3 aliphatic rings. The lowest BCUT2D eigenvalue weighted by Gasteiger charge is -2.33. The second-order valence-corrected chi connectivity index (χ2v) is 7.21. The third-order valence-electron chi connectivity index (χ3n) is 5.40. The summed E-state index contributed by atoms with van der Waals surface area (Å²) in [6.07, 6.45) is 13.4. The van der Waals surface area contributed by atoms with Crippen LogP contribution >= 0.6 is 0 Å². The van der Waals surface area contributed by atoms with Gasteiger partial charge in [0.05, 0.1) is 16.8 Å². The predicted molar refractivity (Wildman–Crippen MR) is 101 cm³/mol. The molecule has 128 valence electrons. The van der Waals surface area contributed by atoms with Crippen LogP contribution in [0.15, 0.2) is 41.6 Å². The van der Waals surface area contributed by atoms with Gasteiger partial charge in [0.25, 0.3) is 0 Å². The van der Waals surface area contributed by atoms with Crippen molar-refractivity contribution in [3.63, 3.8) is 0 Å². The quantitative estimate of drug-likeness (QED) is 0.916. The maximum Gasteiger partial charge on any atom is 0.145 e. The Morgan fingerprint density at radius 2 is 2.20 bits per heavy atom. The smallest absolute Gasteiger partial charge is 0.145 e. The zero-order chi connectivity index (χ0) is 16.8. The lowest BCUT2D eigenvalue weighted by molar-refractivity contribution is 0.445. The number of H-pyrrole nitrogens is 1. The van der Waals surface area contributed by atoms with Gasteiger partial charge in [-0.05, 0) is 24.8 Å². The molecule has 1 N–H and O–H groups in total. The molecule has 25 heavy (non-hydrogen) atoms. The summed E-state index contributed by atoms with van der Waals surface area (Å²) in [5, 5.41) is 1.14. The van der Waals surface area contributed by atoms with Crippen molar-refractivity contribution >= 4 is 28.3 Å². The van der Waals surface area contributed by atoms with Crippen LogP contribution in [-0.2, 0) is 0 Å². The average molecular weight is 334 g/mol. The Morgan fingerprint density at radius 3 is 3.12 bits per heavy atom. The molecule has 6 heteroatoms. The summed E-state index contributed by atoms with van der Waals surface area (Å²) in [7, 11) is 0. The van der Waals surface area contributed by atoms with Crippen LogP contribution in [0.1, 0.15) is 26.2 Å². The molecule has 0 unspecified atom stereocenters. The Bertz CT molecular complexity index is 906. The molecule has 0 amide bonds. The van der Waals surface area contributed by atoms with Gasteiger partial charge in [-0.1, -0.05) is 6.92 Å². The normalized spacial score (nSPS) is 23.0. The number of allylic oxidation sites excluding steroid dienone is 2. The number of fused-ring (bicyclic) bond motifs is 2. The van der Waals surface area contributed by atoms with Gasteiger partial charge in [0, 0.05) is 50.2 Å². The fourth-order valence-electron chi connectivity index (χ4n) is 4.13. The largest absolute Gasteiger partial charge is 0.356 e. The van der Waals surface area contributed by atoms with Crippen LogP contribution in [0.3, 0.4) is 0 Å². The first-order valence-corrected chi connectivity index (χ1v) is 9.08. The highest BCUT2D eigenvalue weighted by molar-refractivity contribution is 6.07. The van der Waals surface area contributed by atoms with Gasteiger partial charge in [-0.15, -0.1) is 0 Å². The van der Waals surface area contributed by atoms with Crippen molar-refractivity contribution in [2.75, 3.05) is 29.4 Å². The number of nitrogens with zero attached hydrogens (tertiary/aromatic N) is 5. The first kappa shape index (κ1) is 14.7. The fraction of sp³-hybridized carbons (Fsp3) is 0.421. The minimum absolute atomic E-state index is 0.709. The molecule has 0 radical (unpaired) electrons. The third kappa shape index (κ3) is 2.44. The van der Waals surface area contributed by atoms with E-state index in [1.54, 1.807) is 6.33 Å². The van der Waals surface area contributed by atoms with E-state index < -0.39 is 0 Å². The molecule has 2 aromatic rings. The third-order valence-corrected chi connectivity index (χ3v) is 5.40. The lowest BCUT2D eigenvalue weighted by atomic mass is 10.00. The molecule has 3 aliphatic heterocycles. The summed E-state index contributed by atoms with van der Waals surface area (Å²) in [6.45, 7) is 5.39. The molecule has 1 saturated heterocycles. The molecule has 1 atom stereocenters. The Kier molecular flexibility index (Phi) is 3.36. The van der Waals surface area contributed by atoms with Crippen molar-refractivity contribution in [3.8, 4) is 0 Å². The van der Waals surface area contributed by atoms with Crippen LogP contribution in [0.2, 0.25) is 0 Å². The van der Waals surface area contributed by atoms with Gasteiger partial charge < -0.3 is 14.8 Å². The van der Waals surface area contributed by atoms with E-state index in [1.807, 2.05) is 6.20 Å². The van der Waals surface area contributed by atoms with Crippen molar-refractivity contribution in [2.45, 2.75) is 26.2 Å². The molecular formula is C19H22N6. The summed E-state index contributed by atoms with van der Waals surface area (Å²) in [5.74, 6) is 1.77. The molecule has 5 heterocycles. The number of aliphatic imine (C=N–C) groups is 1. The van der Waals surface area contributed by atoms with Crippen LogP contribution in [0.5, 0.6) is 0 Å². The number of aromatic amines is 1. The first-order valence-electron chi connectivity index (χ1n) is 9.08. The zero-order valence-corrected chi connectivity index (χ0v) is 14.4. The number of anilines is 2. The minimum Gasteiger partial charge on any atom is -0.356 e. The van der Waals surface area contributed by atoms with Crippen molar-refractivity contribution in [2.24, 2.45) is 10.9 Å². The number of rotatable bonds is 2. The topological polar surface area (TPSA) is 60.4 Å². The first-order chi connectivity index (χ1) is 12.3. The summed E-state index contributed by atoms with van der Waals surface area (Å²) in [6, 6.07) is 0. The Morgan fingerprint density at radius 1 is 1.24 bits per heavy atom. The van der Waals surface area contributed by atoms with E-state index in [2.05, 4.69) is 55.1 Å². The van der Waals surface area contributed by atoms with Crippen molar-refractivity contribution in [1.29, 1.82) is 0 Å². The standard InChI is InChI=1S/C19H22N6/c1-13-3-2-7-25(10-13)19-17-16(9-21-18(17)22-12-23-19)24-8-5-15-14(11-24)4-6-20-15/h4,6,9,11-13H,2-3,5,7-8,10H2,1H3,(H,21,22,23)/t13-/m0/s1. The monoisotopic (exact) mass is 334 g/mol. The Hall–Kier alpha value is -2.63. The van der Waals surface area contributed by atoms with Crippen molar-refractivity contribution in [1.82, 2.24) is 15.0 Å².